The van der Waals surface area contributed by atoms with Gasteiger partial charge in [0.2, 0.25) is 5.91 Å². The van der Waals surface area contributed by atoms with Crippen LogP contribution in [0.1, 0.15) is 25.3 Å². The maximum atomic E-state index is 11.7. The summed E-state index contributed by atoms with van der Waals surface area (Å²) in [5.41, 5.74) is 1.15. The first-order valence-corrected chi connectivity index (χ1v) is 9.93. The van der Waals surface area contributed by atoms with Crippen molar-refractivity contribution in [2.24, 2.45) is 0 Å². The predicted molar refractivity (Wildman–Crippen MR) is 103 cm³/mol. The third-order valence-corrected chi connectivity index (χ3v) is 5.07. The molecule has 1 spiro atoms. The second-order valence-corrected chi connectivity index (χ2v) is 7.90. The maximum Gasteiger partial charge on any atom is 0.490 e. The van der Waals surface area contributed by atoms with Crippen LogP contribution in [0, 0.1) is 0 Å². The van der Waals surface area contributed by atoms with Gasteiger partial charge in [-0.25, -0.2) is 4.79 Å². The van der Waals surface area contributed by atoms with Crippen molar-refractivity contribution in [3.05, 3.63) is 18.0 Å². The molecule has 0 bridgehead atoms. The topological polar surface area (TPSA) is 97.1 Å². The maximum absolute atomic E-state index is 11.7. The Morgan fingerprint density at radius 1 is 1.39 bits per heavy atom. The Morgan fingerprint density at radius 2 is 2.03 bits per heavy atom. The lowest BCUT2D eigenvalue weighted by atomic mass is 9.84. The fourth-order valence-corrected chi connectivity index (χ4v) is 3.46. The Hall–Kier alpha value is -2.18. The molecule has 2 aliphatic heterocycles. The highest BCUT2D eigenvalue weighted by atomic mass is 19.4. The van der Waals surface area contributed by atoms with E-state index in [2.05, 4.69) is 23.1 Å². The Bertz CT molecular complexity index is 747. The van der Waals surface area contributed by atoms with Gasteiger partial charge in [0, 0.05) is 65.1 Å². The molecular formula is C19H29F3N4O5. The Balaban J connectivity index is 0.000000423. The van der Waals surface area contributed by atoms with Crippen molar-refractivity contribution >= 4 is 11.9 Å². The number of carbonyl (C=O) groups is 2. The third kappa shape index (κ3) is 7.47. The highest BCUT2D eigenvalue weighted by Gasteiger charge is 2.47. The summed E-state index contributed by atoms with van der Waals surface area (Å²) in [5.74, 6) is -2.74. The number of alkyl halides is 3. The van der Waals surface area contributed by atoms with Crippen LogP contribution in [-0.2, 0) is 32.2 Å². The molecule has 2 fully saturated rings. The van der Waals surface area contributed by atoms with Crippen molar-refractivity contribution in [1.29, 1.82) is 0 Å². The summed E-state index contributed by atoms with van der Waals surface area (Å²) in [7, 11) is 3.50. The van der Waals surface area contributed by atoms with Gasteiger partial charge in [0.25, 0.3) is 0 Å². The number of likely N-dealkylation sites (tertiary alicyclic amines) is 1. The lowest BCUT2D eigenvalue weighted by Crippen LogP contribution is -2.65. The van der Waals surface area contributed by atoms with Gasteiger partial charge in [0.05, 0.1) is 17.9 Å². The molecule has 1 atom stereocenters. The highest BCUT2D eigenvalue weighted by Crippen LogP contribution is 2.36. The molecule has 2 saturated heterocycles. The molecule has 1 aromatic rings. The number of halogens is 3. The number of carboxylic acids is 1. The summed E-state index contributed by atoms with van der Waals surface area (Å²) in [6, 6.07) is 0. The quantitative estimate of drug-likeness (QED) is 0.699. The van der Waals surface area contributed by atoms with Crippen LogP contribution in [0.25, 0.3) is 0 Å². The number of nitrogens with zero attached hydrogens (tertiary/aromatic N) is 4. The molecule has 1 aromatic heterocycles. The van der Waals surface area contributed by atoms with Gasteiger partial charge >= 0.3 is 12.1 Å². The van der Waals surface area contributed by atoms with Crippen LogP contribution in [0.2, 0.25) is 0 Å². The van der Waals surface area contributed by atoms with E-state index < -0.39 is 12.1 Å². The molecule has 2 aliphatic rings. The van der Waals surface area contributed by atoms with Gasteiger partial charge in [-0.3, -0.25) is 14.4 Å². The molecule has 0 aromatic carbocycles. The van der Waals surface area contributed by atoms with Crippen molar-refractivity contribution in [3.63, 3.8) is 0 Å². The van der Waals surface area contributed by atoms with Crippen molar-refractivity contribution in [2.45, 2.75) is 50.7 Å². The van der Waals surface area contributed by atoms with Gasteiger partial charge in [0.15, 0.2) is 0 Å². The molecule has 176 valence electrons. The van der Waals surface area contributed by atoms with Crippen LogP contribution in [0.4, 0.5) is 13.2 Å². The van der Waals surface area contributed by atoms with Gasteiger partial charge in [-0.15, -0.1) is 0 Å². The number of ether oxygens (including phenoxy) is 2. The van der Waals surface area contributed by atoms with Gasteiger partial charge < -0.3 is 19.5 Å². The molecule has 12 heteroatoms. The smallest absolute Gasteiger partial charge is 0.475 e. The number of rotatable bonds is 6. The van der Waals surface area contributed by atoms with E-state index in [4.69, 9.17) is 19.4 Å². The lowest BCUT2D eigenvalue weighted by Gasteiger charge is -2.53. The Labute approximate surface area is 178 Å². The molecule has 0 radical (unpaired) electrons. The van der Waals surface area contributed by atoms with Crippen molar-refractivity contribution in [3.8, 4) is 0 Å². The first-order chi connectivity index (χ1) is 14.4. The van der Waals surface area contributed by atoms with Crippen LogP contribution in [-0.4, -0.2) is 94.8 Å². The van der Waals surface area contributed by atoms with Gasteiger partial charge in [0.1, 0.15) is 6.61 Å². The number of likely N-dealkylation sites (N-methyl/N-ethyl adjacent to an activating group) is 1. The summed E-state index contributed by atoms with van der Waals surface area (Å²) in [6.07, 6.45) is 0.817. The average molecular weight is 450 g/mol. The molecule has 1 N–H and O–H groups in total. The van der Waals surface area contributed by atoms with E-state index in [1.54, 1.807) is 19.0 Å². The SMILES string of the molecule is CCn1cc(CN2CC3(CC(OCC(=O)N(C)C)CCO3)C2)cn1.O=C(O)C(F)(F)F. The second kappa shape index (κ2) is 10.4. The fraction of sp³-hybridized carbons (Fsp3) is 0.737. The van der Waals surface area contributed by atoms with Gasteiger partial charge in [-0.2, -0.15) is 18.3 Å². The summed E-state index contributed by atoms with van der Waals surface area (Å²) in [5, 5.41) is 11.4. The highest BCUT2D eigenvalue weighted by molar-refractivity contribution is 5.76. The lowest BCUT2D eigenvalue weighted by molar-refractivity contribution is -0.200. The minimum Gasteiger partial charge on any atom is -0.475 e. The normalized spacial score (nSPS) is 20.5. The van der Waals surface area contributed by atoms with Crippen LogP contribution in [0.15, 0.2) is 12.4 Å². The first kappa shape index (κ1) is 25.1. The van der Waals surface area contributed by atoms with Crippen LogP contribution in [0.5, 0.6) is 0 Å². The van der Waals surface area contributed by atoms with E-state index in [-0.39, 0.29) is 24.2 Å². The zero-order valence-electron chi connectivity index (χ0n) is 17.9. The molecule has 3 heterocycles. The van der Waals surface area contributed by atoms with Gasteiger partial charge in [-0.05, 0) is 13.3 Å². The van der Waals surface area contributed by atoms with Crippen molar-refractivity contribution in [2.75, 3.05) is 40.4 Å². The number of hydrogen-bond acceptors (Lipinski definition) is 6. The molecule has 0 aliphatic carbocycles. The van der Waals surface area contributed by atoms with Gasteiger partial charge in [-0.1, -0.05) is 0 Å². The second-order valence-electron chi connectivity index (χ2n) is 7.90. The average Bonchev–Trinajstić information content (AvgIpc) is 3.12. The molecule has 0 saturated carbocycles. The van der Waals surface area contributed by atoms with Crippen LogP contribution in [0.3, 0.4) is 0 Å². The van der Waals surface area contributed by atoms with E-state index in [0.717, 1.165) is 39.0 Å². The van der Waals surface area contributed by atoms with E-state index in [0.29, 0.717) is 6.61 Å². The van der Waals surface area contributed by atoms with Crippen molar-refractivity contribution in [1.82, 2.24) is 19.6 Å². The summed E-state index contributed by atoms with van der Waals surface area (Å²) in [6.45, 7) is 6.62. The largest absolute Gasteiger partial charge is 0.490 e. The number of carbonyl (C=O) groups excluding carboxylic acids is 1. The summed E-state index contributed by atoms with van der Waals surface area (Å²) >= 11 is 0. The molecule has 9 nitrogen and oxygen atoms in total. The molecule has 31 heavy (non-hydrogen) atoms. The van der Waals surface area contributed by atoms with E-state index >= 15 is 0 Å². The minimum atomic E-state index is -5.08. The van der Waals surface area contributed by atoms with E-state index in [1.165, 1.54) is 5.56 Å². The zero-order chi connectivity index (χ0) is 23.2. The number of aryl methyl sites for hydroxylation is 1. The Kier molecular flexibility index (Phi) is 8.43. The van der Waals surface area contributed by atoms with Crippen LogP contribution < -0.4 is 0 Å². The number of aromatic nitrogens is 2. The van der Waals surface area contributed by atoms with E-state index in [9.17, 15) is 18.0 Å². The fourth-order valence-electron chi connectivity index (χ4n) is 3.46. The molecule has 3 rings (SSSR count). The number of carboxylic acid groups (broad SMARTS) is 1. The monoisotopic (exact) mass is 450 g/mol. The standard InChI is InChI=1S/C17H28N4O3.C2HF3O2/c1-4-21-10-14(8-18-21)9-20-12-17(13-20)7-15(5-6-24-17)23-11-16(22)19(2)3;3-2(4,5)1(6)7/h8,10,15H,4-7,9,11-13H2,1-3H3;(H,6,7). The predicted octanol–water partition coefficient (Wildman–Crippen LogP) is 1.37. The number of hydrogen-bond donors (Lipinski definition) is 1. The van der Waals surface area contributed by atoms with E-state index in [1.807, 2.05) is 10.9 Å². The summed E-state index contributed by atoms with van der Waals surface area (Å²) in [4.78, 5) is 24.5. The first-order valence-electron chi connectivity index (χ1n) is 9.93. The minimum absolute atomic E-state index is 0.0127. The number of aliphatic carboxylic acids is 1. The van der Waals surface area contributed by atoms with Crippen LogP contribution >= 0.6 is 0 Å². The summed E-state index contributed by atoms with van der Waals surface area (Å²) < 4.78 is 45.5. The zero-order valence-corrected chi connectivity index (χ0v) is 17.9. The number of amides is 1. The van der Waals surface area contributed by atoms with Crippen molar-refractivity contribution < 1.29 is 37.3 Å². The Morgan fingerprint density at radius 3 is 2.55 bits per heavy atom. The molecule has 1 unspecified atom stereocenters. The third-order valence-electron chi connectivity index (χ3n) is 5.07. The molecular weight excluding hydrogens is 421 g/mol. The molecule has 1 amide bonds.